The van der Waals surface area contributed by atoms with Crippen molar-refractivity contribution in [3.05, 3.63) is 33.8 Å². The molecule has 0 saturated heterocycles. The van der Waals surface area contributed by atoms with Gasteiger partial charge in [-0.25, -0.2) is 0 Å². The van der Waals surface area contributed by atoms with Gasteiger partial charge in [0.25, 0.3) is 5.91 Å². The first-order valence-corrected chi connectivity index (χ1v) is 5.18. The molecule has 15 heavy (non-hydrogen) atoms. The number of halogens is 2. The average molecular weight is 263 g/mol. The Morgan fingerprint density at radius 1 is 1.40 bits per heavy atom. The normalized spacial score (nSPS) is 9.73. The Bertz CT molecular complexity index is 409. The fraction of sp³-hybridized carbons (Fsp3) is 0.111. The summed E-state index contributed by atoms with van der Waals surface area (Å²) in [5, 5.41) is 3.28. The Labute approximate surface area is 103 Å². The van der Waals surface area contributed by atoms with Crippen LogP contribution in [0.3, 0.4) is 0 Å². The number of carbonyl (C=O) groups is 1. The Kier molecular flexibility index (Phi) is 4.32. The summed E-state index contributed by atoms with van der Waals surface area (Å²) in [6.45, 7) is 0.161. The Morgan fingerprint density at radius 2 is 2.07 bits per heavy atom. The van der Waals surface area contributed by atoms with Gasteiger partial charge in [-0.15, -0.1) is 0 Å². The van der Waals surface area contributed by atoms with E-state index in [-0.39, 0.29) is 17.4 Å². The smallest absolute Gasteiger partial charge is 0.251 e. The van der Waals surface area contributed by atoms with Crippen molar-refractivity contribution < 1.29 is 4.79 Å². The van der Waals surface area contributed by atoms with E-state index in [0.29, 0.717) is 15.6 Å². The first kappa shape index (κ1) is 12.2. The molecular formula is C9H8Cl2N2OS. The molecule has 0 aliphatic rings. The van der Waals surface area contributed by atoms with Crippen LogP contribution in [0.5, 0.6) is 0 Å². The van der Waals surface area contributed by atoms with Crippen molar-refractivity contribution in [2.75, 3.05) is 6.54 Å². The molecule has 1 rings (SSSR count). The molecule has 0 aliphatic carbocycles. The molecule has 1 aromatic rings. The van der Waals surface area contributed by atoms with E-state index >= 15 is 0 Å². The summed E-state index contributed by atoms with van der Waals surface area (Å²) >= 11 is 16.1. The standard InChI is InChI=1S/C9H8Cl2N2OS/c10-6-2-1-5(3-7(6)11)9(14)13-4-8(12)15/h1-3H,4H2,(H2,12,15)(H,13,14). The predicted octanol–water partition coefficient (Wildman–Crippen LogP) is 2.01. The van der Waals surface area contributed by atoms with Crippen LogP contribution in [0.1, 0.15) is 10.4 Å². The Balaban J connectivity index is 2.74. The first-order chi connectivity index (χ1) is 7.00. The molecule has 0 spiro atoms. The molecule has 3 N–H and O–H groups in total. The third-order valence-electron chi connectivity index (χ3n) is 1.60. The molecule has 0 radical (unpaired) electrons. The van der Waals surface area contributed by atoms with Gasteiger partial charge in [-0.05, 0) is 18.2 Å². The third kappa shape index (κ3) is 3.66. The molecule has 0 atom stereocenters. The van der Waals surface area contributed by atoms with Crippen LogP contribution in [0.2, 0.25) is 10.0 Å². The number of thiocarbonyl (C=S) groups is 1. The van der Waals surface area contributed by atoms with Gasteiger partial charge in [0, 0.05) is 5.56 Å². The lowest BCUT2D eigenvalue weighted by Gasteiger charge is -2.04. The van der Waals surface area contributed by atoms with Crippen LogP contribution < -0.4 is 11.1 Å². The summed E-state index contributed by atoms with van der Waals surface area (Å²) in [5.41, 5.74) is 5.66. The molecule has 0 aliphatic heterocycles. The van der Waals surface area contributed by atoms with Crippen molar-refractivity contribution >= 4 is 46.3 Å². The van der Waals surface area contributed by atoms with Gasteiger partial charge in [0.1, 0.15) is 0 Å². The third-order valence-corrected chi connectivity index (χ3v) is 2.49. The zero-order valence-electron chi connectivity index (χ0n) is 7.59. The fourth-order valence-corrected chi connectivity index (χ4v) is 1.28. The Hall–Kier alpha value is -0.840. The van der Waals surface area contributed by atoms with Crippen LogP contribution >= 0.6 is 35.4 Å². The van der Waals surface area contributed by atoms with Crippen molar-refractivity contribution in [2.45, 2.75) is 0 Å². The number of carbonyl (C=O) groups excluding carboxylic acids is 1. The average Bonchev–Trinajstić information content (AvgIpc) is 2.18. The molecule has 3 nitrogen and oxygen atoms in total. The van der Waals surface area contributed by atoms with E-state index in [1.807, 2.05) is 0 Å². The quantitative estimate of drug-likeness (QED) is 0.820. The van der Waals surface area contributed by atoms with E-state index in [0.717, 1.165) is 0 Å². The summed E-state index contributed by atoms with van der Waals surface area (Å²) in [5.74, 6) is -0.290. The number of hydrogen-bond acceptors (Lipinski definition) is 2. The number of benzene rings is 1. The molecule has 1 amide bonds. The first-order valence-electron chi connectivity index (χ1n) is 4.02. The highest BCUT2D eigenvalue weighted by Gasteiger charge is 2.07. The highest BCUT2D eigenvalue weighted by atomic mass is 35.5. The van der Waals surface area contributed by atoms with E-state index in [4.69, 9.17) is 28.9 Å². The van der Waals surface area contributed by atoms with Crippen LogP contribution in [0.25, 0.3) is 0 Å². The van der Waals surface area contributed by atoms with Gasteiger partial charge in [0.15, 0.2) is 0 Å². The highest BCUT2D eigenvalue weighted by molar-refractivity contribution is 7.80. The van der Waals surface area contributed by atoms with Gasteiger partial charge in [-0.1, -0.05) is 35.4 Å². The topological polar surface area (TPSA) is 55.1 Å². The lowest BCUT2D eigenvalue weighted by atomic mass is 10.2. The van der Waals surface area contributed by atoms with Crippen molar-refractivity contribution in [3.8, 4) is 0 Å². The second-order valence-electron chi connectivity index (χ2n) is 2.78. The summed E-state index contributed by atoms with van der Waals surface area (Å²) < 4.78 is 0. The molecule has 0 saturated carbocycles. The minimum atomic E-state index is -0.290. The van der Waals surface area contributed by atoms with E-state index in [1.54, 1.807) is 12.1 Å². The van der Waals surface area contributed by atoms with Gasteiger partial charge < -0.3 is 11.1 Å². The monoisotopic (exact) mass is 262 g/mol. The van der Waals surface area contributed by atoms with E-state index in [2.05, 4.69) is 17.5 Å². The van der Waals surface area contributed by atoms with Gasteiger partial charge >= 0.3 is 0 Å². The SMILES string of the molecule is NC(=S)CNC(=O)c1ccc(Cl)c(Cl)c1. The predicted molar refractivity (Wildman–Crippen MR) is 65.6 cm³/mol. The number of rotatable bonds is 3. The molecule has 6 heteroatoms. The molecule has 0 aromatic heterocycles. The zero-order valence-corrected chi connectivity index (χ0v) is 9.92. The zero-order chi connectivity index (χ0) is 11.4. The maximum Gasteiger partial charge on any atom is 0.251 e. The number of amides is 1. The Morgan fingerprint density at radius 3 is 2.60 bits per heavy atom. The van der Waals surface area contributed by atoms with Gasteiger partial charge in [-0.3, -0.25) is 4.79 Å². The molecule has 0 heterocycles. The van der Waals surface area contributed by atoms with Crippen LogP contribution in [-0.2, 0) is 0 Å². The number of hydrogen-bond donors (Lipinski definition) is 2. The minimum Gasteiger partial charge on any atom is -0.392 e. The summed E-state index contributed by atoms with van der Waals surface area (Å²) in [7, 11) is 0. The summed E-state index contributed by atoms with van der Waals surface area (Å²) in [4.78, 5) is 11.7. The molecule has 0 bridgehead atoms. The van der Waals surface area contributed by atoms with Crippen LogP contribution in [0.4, 0.5) is 0 Å². The maximum absolute atomic E-state index is 11.5. The summed E-state index contributed by atoms with van der Waals surface area (Å²) in [6.07, 6.45) is 0. The van der Waals surface area contributed by atoms with Gasteiger partial charge in [0.05, 0.1) is 21.6 Å². The second kappa shape index (κ2) is 5.30. The molecule has 0 unspecified atom stereocenters. The fourth-order valence-electron chi connectivity index (χ4n) is 0.907. The number of nitrogens with two attached hydrogens (primary N) is 1. The minimum absolute atomic E-state index is 0.161. The molecule has 0 fully saturated rings. The lowest BCUT2D eigenvalue weighted by Crippen LogP contribution is -2.32. The molecule has 1 aromatic carbocycles. The van der Waals surface area contributed by atoms with E-state index in [9.17, 15) is 4.79 Å². The molecular weight excluding hydrogens is 255 g/mol. The largest absolute Gasteiger partial charge is 0.392 e. The molecule has 80 valence electrons. The van der Waals surface area contributed by atoms with Crippen molar-refractivity contribution in [3.63, 3.8) is 0 Å². The second-order valence-corrected chi connectivity index (χ2v) is 4.12. The van der Waals surface area contributed by atoms with E-state index < -0.39 is 0 Å². The lowest BCUT2D eigenvalue weighted by molar-refractivity contribution is 0.0959. The number of nitrogens with one attached hydrogen (secondary N) is 1. The van der Waals surface area contributed by atoms with Gasteiger partial charge in [-0.2, -0.15) is 0 Å². The van der Waals surface area contributed by atoms with Crippen LogP contribution in [-0.4, -0.2) is 17.4 Å². The van der Waals surface area contributed by atoms with E-state index in [1.165, 1.54) is 6.07 Å². The van der Waals surface area contributed by atoms with Crippen molar-refractivity contribution in [1.29, 1.82) is 0 Å². The maximum atomic E-state index is 11.5. The van der Waals surface area contributed by atoms with Crippen molar-refractivity contribution in [1.82, 2.24) is 5.32 Å². The summed E-state index contributed by atoms with van der Waals surface area (Å²) in [6, 6.07) is 4.61. The van der Waals surface area contributed by atoms with Crippen LogP contribution in [0.15, 0.2) is 18.2 Å². The highest BCUT2D eigenvalue weighted by Crippen LogP contribution is 2.22. The van der Waals surface area contributed by atoms with Crippen molar-refractivity contribution in [2.24, 2.45) is 5.73 Å². The van der Waals surface area contributed by atoms with Gasteiger partial charge in [0.2, 0.25) is 0 Å². The van der Waals surface area contributed by atoms with Crippen LogP contribution in [0, 0.1) is 0 Å².